The largest absolute Gasteiger partial charge is 0.673 e. The van der Waals surface area contributed by atoms with Gasteiger partial charge in [0.25, 0.3) is 0 Å². The molecule has 1 aliphatic heterocycles. The Kier molecular flexibility index (Phi) is 3.33. The number of benzene rings is 1. The van der Waals surface area contributed by atoms with E-state index in [1.807, 2.05) is 30.4 Å². The van der Waals surface area contributed by atoms with E-state index in [1.54, 1.807) is 0 Å². The van der Waals surface area contributed by atoms with E-state index in [0.717, 1.165) is 11.4 Å². The zero-order chi connectivity index (χ0) is 13.2. The predicted octanol–water partition coefficient (Wildman–Crippen LogP) is 2.72. The van der Waals surface area contributed by atoms with Crippen molar-refractivity contribution in [1.82, 2.24) is 0 Å². The van der Waals surface area contributed by atoms with Gasteiger partial charge in [0.1, 0.15) is 11.4 Å². The molecule has 3 rings (SSSR count). The number of halogens is 4. The molecule has 1 heterocycles. The van der Waals surface area contributed by atoms with Gasteiger partial charge in [-0.1, -0.05) is 18.2 Å². The molecule has 1 aromatic rings. The molecule has 0 saturated carbocycles. The number of quaternary nitrogens is 1. The number of hydrogen-bond acceptors (Lipinski definition) is 1. The van der Waals surface area contributed by atoms with Crippen molar-refractivity contribution in [3.8, 4) is 0 Å². The molecule has 94 valence electrons. The molecule has 7 heteroatoms. The van der Waals surface area contributed by atoms with Gasteiger partial charge in [0.05, 0.1) is 0 Å². The van der Waals surface area contributed by atoms with Crippen LogP contribution in [0, 0.1) is 0 Å². The minimum Gasteiger partial charge on any atom is -0.418 e. The van der Waals surface area contributed by atoms with Gasteiger partial charge >= 0.3 is 7.25 Å². The van der Waals surface area contributed by atoms with Gasteiger partial charge in [-0.25, -0.2) is 4.99 Å². The topological polar surface area (TPSA) is 29.0 Å². The normalized spacial score (nSPS) is 16.0. The van der Waals surface area contributed by atoms with E-state index in [4.69, 9.17) is 0 Å². The van der Waals surface area contributed by atoms with Crippen molar-refractivity contribution >= 4 is 24.3 Å². The Hall–Kier alpha value is -1.89. The number of fused-ring (bicyclic) bond motifs is 2. The van der Waals surface area contributed by atoms with Crippen LogP contribution in [0.5, 0.6) is 0 Å². The van der Waals surface area contributed by atoms with Crippen molar-refractivity contribution in [1.29, 1.82) is 0 Å². The molecule has 0 fully saturated rings. The van der Waals surface area contributed by atoms with E-state index in [9.17, 15) is 17.3 Å². The molecular weight excluding hydrogens is 247 g/mol. The number of para-hydroxylation sites is 2. The van der Waals surface area contributed by atoms with Gasteiger partial charge < -0.3 is 17.3 Å². The molecule has 2 N–H and O–H groups in total. The Morgan fingerprint density at radius 2 is 1.72 bits per heavy atom. The Labute approximate surface area is 101 Å². The molecule has 1 aromatic carbocycles. The van der Waals surface area contributed by atoms with E-state index in [0.29, 0.717) is 0 Å². The lowest BCUT2D eigenvalue weighted by molar-refractivity contribution is -0.508. The SMILES string of the molecule is C1=CC2=Nc3ccccc3[NH2+]C2=C1.F[B-](F)(F)F. The molecule has 18 heavy (non-hydrogen) atoms. The maximum atomic E-state index is 9.75. The van der Waals surface area contributed by atoms with Crippen molar-refractivity contribution < 1.29 is 22.6 Å². The lowest BCUT2D eigenvalue weighted by atomic mass is 10.2. The summed E-state index contributed by atoms with van der Waals surface area (Å²) in [4.78, 5) is 4.54. The van der Waals surface area contributed by atoms with Crippen LogP contribution in [0.1, 0.15) is 0 Å². The summed E-state index contributed by atoms with van der Waals surface area (Å²) in [5.74, 6) is 0. The van der Waals surface area contributed by atoms with Gasteiger partial charge in [0.15, 0.2) is 11.4 Å². The van der Waals surface area contributed by atoms with E-state index in [2.05, 4.69) is 22.5 Å². The lowest BCUT2D eigenvalue weighted by Gasteiger charge is -2.10. The summed E-state index contributed by atoms with van der Waals surface area (Å²) in [6, 6.07) is 8.19. The Balaban J connectivity index is 0.000000209. The van der Waals surface area contributed by atoms with Crippen LogP contribution in [-0.2, 0) is 0 Å². The van der Waals surface area contributed by atoms with Crippen LogP contribution in [-0.4, -0.2) is 13.0 Å². The van der Waals surface area contributed by atoms with Crippen molar-refractivity contribution in [2.45, 2.75) is 0 Å². The number of rotatable bonds is 0. The first-order valence-electron chi connectivity index (χ1n) is 5.22. The van der Waals surface area contributed by atoms with E-state index in [-0.39, 0.29) is 0 Å². The first-order chi connectivity index (χ1) is 8.43. The first kappa shape index (κ1) is 12.6. The third-order valence-electron chi connectivity index (χ3n) is 2.31. The third kappa shape index (κ3) is 3.30. The highest BCUT2D eigenvalue weighted by Crippen LogP contribution is 2.25. The molecule has 2 nitrogen and oxygen atoms in total. The molecule has 0 spiro atoms. The van der Waals surface area contributed by atoms with E-state index in [1.165, 1.54) is 11.4 Å². The molecule has 0 saturated heterocycles. The van der Waals surface area contributed by atoms with Crippen molar-refractivity contribution in [3.63, 3.8) is 0 Å². The lowest BCUT2D eigenvalue weighted by Crippen LogP contribution is -2.77. The highest BCUT2D eigenvalue weighted by Gasteiger charge is 2.21. The van der Waals surface area contributed by atoms with E-state index >= 15 is 0 Å². The van der Waals surface area contributed by atoms with Crippen molar-refractivity contribution in [2.75, 3.05) is 0 Å². The zero-order valence-corrected chi connectivity index (χ0v) is 9.16. The number of hydrogen-bond donors (Lipinski definition) is 1. The molecule has 1 aliphatic carbocycles. The minimum absolute atomic E-state index is 1.07. The van der Waals surface area contributed by atoms with Crippen LogP contribution in [0.4, 0.5) is 28.6 Å². The molecule has 0 radical (unpaired) electrons. The fraction of sp³-hybridized carbons (Fsp3) is 0. The van der Waals surface area contributed by atoms with E-state index < -0.39 is 7.25 Å². The van der Waals surface area contributed by atoms with Crippen LogP contribution in [0.25, 0.3) is 0 Å². The number of nitrogens with zero attached hydrogens (tertiary/aromatic N) is 1. The Morgan fingerprint density at radius 1 is 1.06 bits per heavy atom. The molecule has 0 atom stereocenters. The molecule has 2 aliphatic rings. The highest BCUT2D eigenvalue weighted by molar-refractivity contribution is 6.50. The summed E-state index contributed by atoms with van der Waals surface area (Å²) in [6.07, 6.45) is 6.17. The molecular formula is C11H9BF4N2. The second-order valence-corrected chi connectivity index (χ2v) is 3.68. The second kappa shape index (κ2) is 4.77. The van der Waals surface area contributed by atoms with Crippen LogP contribution < -0.4 is 5.32 Å². The maximum Gasteiger partial charge on any atom is 0.673 e. The molecule has 0 amide bonds. The van der Waals surface area contributed by atoms with Crippen molar-refractivity contribution in [3.05, 3.63) is 48.2 Å². The predicted molar refractivity (Wildman–Crippen MR) is 62.5 cm³/mol. The summed E-state index contributed by atoms with van der Waals surface area (Å²) in [5, 5.41) is 2.18. The maximum absolute atomic E-state index is 9.75. The number of nitrogens with two attached hydrogens (primary N) is 1. The highest BCUT2D eigenvalue weighted by atomic mass is 19.5. The van der Waals surface area contributed by atoms with Crippen LogP contribution in [0.15, 0.2) is 53.2 Å². The second-order valence-electron chi connectivity index (χ2n) is 3.68. The average molecular weight is 256 g/mol. The van der Waals surface area contributed by atoms with Gasteiger partial charge in [-0.15, -0.1) is 0 Å². The summed E-state index contributed by atoms with van der Waals surface area (Å²) >= 11 is 0. The summed E-state index contributed by atoms with van der Waals surface area (Å²) in [6.45, 7) is 0. The fourth-order valence-electron chi connectivity index (χ4n) is 1.66. The molecule has 0 aromatic heterocycles. The van der Waals surface area contributed by atoms with Gasteiger partial charge in [-0.3, -0.25) is 5.32 Å². The first-order valence-corrected chi connectivity index (χ1v) is 5.22. The minimum atomic E-state index is -6.00. The summed E-state index contributed by atoms with van der Waals surface area (Å²) < 4.78 is 39.0. The molecule has 0 unspecified atom stereocenters. The van der Waals surface area contributed by atoms with Gasteiger partial charge in [-0.2, -0.15) is 0 Å². The quantitative estimate of drug-likeness (QED) is 0.420. The Morgan fingerprint density at radius 3 is 2.44 bits per heavy atom. The molecule has 0 bridgehead atoms. The van der Waals surface area contributed by atoms with Gasteiger partial charge in [0, 0.05) is 12.1 Å². The number of aliphatic imine (C=N–C) groups is 1. The fourth-order valence-corrected chi connectivity index (χ4v) is 1.66. The van der Waals surface area contributed by atoms with Gasteiger partial charge in [0.2, 0.25) is 0 Å². The average Bonchev–Trinajstić information content (AvgIpc) is 2.70. The van der Waals surface area contributed by atoms with Crippen LogP contribution >= 0.6 is 0 Å². The zero-order valence-electron chi connectivity index (χ0n) is 9.16. The summed E-state index contributed by atoms with van der Waals surface area (Å²) in [7, 11) is -6.00. The monoisotopic (exact) mass is 256 g/mol. The van der Waals surface area contributed by atoms with Gasteiger partial charge in [-0.05, 0) is 12.1 Å². The van der Waals surface area contributed by atoms with Crippen LogP contribution in [0.2, 0.25) is 0 Å². The Bertz CT molecular complexity index is 540. The standard InChI is InChI=1S/C11H8N2.BF4/c1-2-5-9-8(4-1)12-10-6-3-7-11(10)13-9;2-1(3,4)5/h1-7,12H;/q;-1/p+1. The number of allylic oxidation sites excluding steroid dienone is 3. The van der Waals surface area contributed by atoms with Crippen molar-refractivity contribution in [2.24, 2.45) is 4.99 Å². The smallest absolute Gasteiger partial charge is 0.418 e. The summed E-state index contributed by atoms with van der Waals surface area (Å²) in [5.41, 5.74) is 4.58. The third-order valence-corrected chi connectivity index (χ3v) is 2.31. The van der Waals surface area contributed by atoms with Crippen LogP contribution in [0.3, 0.4) is 0 Å².